The van der Waals surface area contributed by atoms with Crippen LogP contribution in [-0.4, -0.2) is 51.3 Å². The van der Waals surface area contributed by atoms with Crippen LogP contribution >= 0.6 is 0 Å². The second kappa shape index (κ2) is 11.6. The van der Waals surface area contributed by atoms with Crippen molar-refractivity contribution < 1.29 is 19.4 Å². The molecule has 1 heterocycles. The van der Waals surface area contributed by atoms with Gasteiger partial charge in [0.05, 0.1) is 37.7 Å². The third-order valence-corrected chi connectivity index (χ3v) is 5.17. The third-order valence-electron chi connectivity index (χ3n) is 5.17. The molecule has 0 saturated carbocycles. The molecule has 0 radical (unpaired) electrons. The Kier molecular flexibility index (Phi) is 8.53. The maximum Gasteiger partial charge on any atom is 0.250 e. The van der Waals surface area contributed by atoms with Gasteiger partial charge in [-0.15, -0.1) is 0 Å². The number of benzene rings is 2. The average Bonchev–Trinajstić information content (AvgIpc) is 3.27. The molecule has 5 N–H and O–H groups in total. The van der Waals surface area contributed by atoms with Crippen molar-refractivity contribution in [3.05, 3.63) is 84.3 Å². The van der Waals surface area contributed by atoms with Crippen LogP contribution in [0.25, 0.3) is 0 Å². The lowest BCUT2D eigenvalue weighted by atomic mass is 10.1. The first-order valence-electron chi connectivity index (χ1n) is 11.0. The van der Waals surface area contributed by atoms with Crippen LogP contribution < -0.4 is 16.4 Å². The number of hydrogen-bond acceptors (Lipinski definition) is 6. The largest absolute Gasteiger partial charge is 0.394 e. The minimum absolute atomic E-state index is 0.0491. The quantitative estimate of drug-likeness (QED) is 0.342. The highest BCUT2D eigenvalue weighted by Gasteiger charge is 2.28. The molecule has 180 valence electrons. The van der Waals surface area contributed by atoms with Gasteiger partial charge >= 0.3 is 0 Å². The molecule has 0 saturated heterocycles. The van der Waals surface area contributed by atoms with Crippen LogP contribution in [0.3, 0.4) is 0 Å². The van der Waals surface area contributed by atoms with Gasteiger partial charge in [-0.1, -0.05) is 60.7 Å². The molecule has 0 bridgehead atoms. The highest BCUT2D eigenvalue weighted by atomic mass is 16.5. The minimum atomic E-state index is -1.16. The van der Waals surface area contributed by atoms with Crippen LogP contribution in [0.5, 0.6) is 0 Å². The van der Waals surface area contributed by atoms with Crippen molar-refractivity contribution in [2.24, 2.45) is 5.73 Å². The monoisotopic (exact) mass is 465 g/mol. The van der Waals surface area contributed by atoms with Gasteiger partial charge < -0.3 is 30.8 Å². The van der Waals surface area contributed by atoms with Gasteiger partial charge in [-0.25, -0.2) is 4.98 Å². The molecule has 34 heavy (non-hydrogen) atoms. The molecule has 0 fully saturated rings. The number of rotatable bonds is 11. The maximum absolute atomic E-state index is 13.0. The molecule has 1 aromatic heterocycles. The fourth-order valence-electron chi connectivity index (χ4n) is 3.23. The molecule has 9 nitrogen and oxygen atoms in total. The number of aliphatic hydroxyl groups excluding tert-OH is 1. The molecular weight excluding hydrogens is 434 g/mol. The number of nitrogens with zero attached hydrogens (tertiary/aromatic N) is 2. The van der Waals surface area contributed by atoms with Gasteiger partial charge in [0.25, 0.3) is 5.91 Å². The first-order chi connectivity index (χ1) is 16.3. The van der Waals surface area contributed by atoms with Crippen molar-refractivity contribution in [2.45, 2.75) is 38.1 Å². The zero-order valence-corrected chi connectivity index (χ0v) is 19.3. The van der Waals surface area contributed by atoms with Gasteiger partial charge in [0, 0.05) is 6.20 Å². The van der Waals surface area contributed by atoms with Gasteiger partial charge in [-0.05, 0) is 25.0 Å². The predicted molar refractivity (Wildman–Crippen MR) is 129 cm³/mol. The highest BCUT2D eigenvalue weighted by Crippen LogP contribution is 2.19. The molecule has 0 aliphatic rings. The Labute approximate surface area is 199 Å². The molecule has 0 aliphatic heterocycles. The van der Waals surface area contributed by atoms with Crippen LogP contribution in [0, 0.1) is 0 Å². The number of nitrogens with one attached hydrogen (secondary N) is 2. The fraction of sp³-hybridized carbons (Fsp3) is 0.320. The summed E-state index contributed by atoms with van der Waals surface area (Å²) in [4.78, 5) is 29.7. The molecule has 3 rings (SSSR count). The zero-order valence-electron chi connectivity index (χ0n) is 19.3. The predicted octanol–water partition coefficient (Wildman–Crippen LogP) is 1.84. The van der Waals surface area contributed by atoms with E-state index in [1.54, 1.807) is 24.6 Å². The van der Waals surface area contributed by atoms with E-state index in [1.165, 1.54) is 6.33 Å². The lowest BCUT2D eigenvalue weighted by molar-refractivity contribution is -0.130. The summed E-state index contributed by atoms with van der Waals surface area (Å²) in [7, 11) is 0. The Balaban J connectivity index is 1.68. The number of hydrogen-bond donors (Lipinski definition) is 4. The highest BCUT2D eigenvalue weighted by molar-refractivity contribution is 5.98. The molecule has 2 unspecified atom stereocenters. The fourth-order valence-corrected chi connectivity index (χ4v) is 3.23. The number of aliphatic hydroxyl groups is 1. The minimum Gasteiger partial charge on any atom is -0.394 e. The van der Waals surface area contributed by atoms with Crippen molar-refractivity contribution in [2.75, 3.05) is 18.5 Å². The number of ether oxygens (including phenoxy) is 1. The van der Waals surface area contributed by atoms with E-state index in [-0.39, 0.29) is 31.7 Å². The number of amides is 2. The Morgan fingerprint density at radius 3 is 2.38 bits per heavy atom. The lowest BCUT2D eigenvalue weighted by Crippen LogP contribution is -2.56. The number of carbonyl (C=O) groups excluding carboxylic acids is 2. The Bertz CT molecular complexity index is 1060. The molecule has 0 aliphatic carbocycles. The van der Waals surface area contributed by atoms with Crippen molar-refractivity contribution in [1.29, 1.82) is 0 Å². The molecule has 2 aromatic carbocycles. The second-order valence-electron chi connectivity index (χ2n) is 8.55. The van der Waals surface area contributed by atoms with Crippen molar-refractivity contribution in [3.63, 3.8) is 0 Å². The zero-order chi connectivity index (χ0) is 24.6. The van der Waals surface area contributed by atoms with Crippen LogP contribution in [0.4, 0.5) is 5.82 Å². The summed E-state index contributed by atoms with van der Waals surface area (Å²) in [6, 6.07) is 17.7. The molecule has 2 atom stereocenters. The van der Waals surface area contributed by atoms with E-state index >= 15 is 0 Å². The molecule has 9 heteroatoms. The van der Waals surface area contributed by atoms with Gasteiger partial charge in [-0.3, -0.25) is 9.59 Å². The smallest absolute Gasteiger partial charge is 0.250 e. The summed E-state index contributed by atoms with van der Waals surface area (Å²) in [6.45, 7) is 3.22. The van der Waals surface area contributed by atoms with Crippen LogP contribution in [-0.2, 0) is 20.9 Å². The summed E-state index contributed by atoms with van der Waals surface area (Å²) in [5, 5.41) is 15.2. The maximum atomic E-state index is 13.0. The van der Waals surface area contributed by atoms with Crippen LogP contribution in [0.15, 0.2) is 73.2 Å². The number of aromatic nitrogens is 2. The molecule has 3 aromatic rings. The van der Waals surface area contributed by atoms with E-state index in [9.17, 15) is 14.7 Å². The SMILES string of the molecule is CC(C)(N)C(=O)NC(COCc1ccccc1)C(=O)Nc1cn(C(CO)c2ccccc2)cn1. The summed E-state index contributed by atoms with van der Waals surface area (Å²) < 4.78 is 7.41. The van der Waals surface area contributed by atoms with E-state index in [0.29, 0.717) is 0 Å². The number of nitrogens with two attached hydrogens (primary N) is 1. The number of carbonyl (C=O) groups is 2. The van der Waals surface area contributed by atoms with Gasteiger partial charge in [0.2, 0.25) is 5.91 Å². The summed E-state index contributed by atoms with van der Waals surface area (Å²) in [5.41, 5.74) is 6.57. The molecular formula is C25H31N5O4. The van der Waals surface area contributed by atoms with Crippen molar-refractivity contribution in [1.82, 2.24) is 14.9 Å². The topological polar surface area (TPSA) is 132 Å². The summed E-state index contributed by atoms with van der Waals surface area (Å²) in [5.74, 6) is -0.684. The van der Waals surface area contributed by atoms with E-state index in [4.69, 9.17) is 10.5 Å². The average molecular weight is 466 g/mol. The second-order valence-corrected chi connectivity index (χ2v) is 8.55. The van der Waals surface area contributed by atoms with Gasteiger partial charge in [-0.2, -0.15) is 0 Å². The van der Waals surface area contributed by atoms with Gasteiger partial charge in [0.1, 0.15) is 6.04 Å². The van der Waals surface area contributed by atoms with Crippen molar-refractivity contribution in [3.8, 4) is 0 Å². The van der Waals surface area contributed by atoms with E-state index < -0.39 is 23.4 Å². The van der Waals surface area contributed by atoms with E-state index in [2.05, 4.69) is 15.6 Å². The summed E-state index contributed by atoms with van der Waals surface area (Å²) in [6.07, 6.45) is 3.16. The third kappa shape index (κ3) is 6.98. The van der Waals surface area contributed by atoms with Crippen LogP contribution in [0.1, 0.15) is 31.0 Å². The van der Waals surface area contributed by atoms with Crippen LogP contribution in [0.2, 0.25) is 0 Å². The van der Waals surface area contributed by atoms with Gasteiger partial charge in [0.15, 0.2) is 5.82 Å². The lowest BCUT2D eigenvalue weighted by Gasteiger charge is -2.23. The first-order valence-corrected chi connectivity index (χ1v) is 11.0. The van der Waals surface area contributed by atoms with E-state index in [1.807, 2.05) is 60.7 Å². The van der Waals surface area contributed by atoms with Crippen molar-refractivity contribution >= 4 is 17.6 Å². The van der Waals surface area contributed by atoms with E-state index in [0.717, 1.165) is 11.1 Å². The molecule has 2 amide bonds. The normalized spacial score (nSPS) is 13.2. The summed E-state index contributed by atoms with van der Waals surface area (Å²) >= 11 is 0. The standard InChI is InChI=1S/C25H31N5O4/c1-25(2,26)24(33)28-20(16-34-15-18-9-5-3-6-10-18)23(32)29-22-13-30(17-27-22)21(14-31)19-11-7-4-8-12-19/h3-13,17,20-21,31H,14-16,26H2,1-2H3,(H,28,33)(H,29,32). The number of anilines is 1. The Morgan fingerprint density at radius 2 is 1.76 bits per heavy atom. The molecule has 0 spiro atoms. The number of imidazole rings is 1. The Hall–Kier alpha value is -3.53. The Morgan fingerprint density at radius 1 is 1.12 bits per heavy atom. The first kappa shape index (κ1) is 25.1.